The van der Waals surface area contributed by atoms with E-state index in [9.17, 15) is 4.79 Å². The molecule has 0 saturated heterocycles. The van der Waals surface area contributed by atoms with Crippen molar-refractivity contribution >= 4 is 5.78 Å². The number of aryl methyl sites for hydroxylation is 1. The lowest BCUT2D eigenvalue weighted by molar-refractivity contribution is 0.0971. The smallest absolute Gasteiger partial charge is 0.166 e. The molecule has 1 aromatic heterocycles. The van der Waals surface area contributed by atoms with E-state index in [0.29, 0.717) is 24.2 Å². The molecular formula is C10H12N2O2. The zero-order valence-corrected chi connectivity index (χ0v) is 7.86. The Labute approximate surface area is 82.0 Å². The number of fused-ring (bicyclic) bond motifs is 1. The summed E-state index contributed by atoms with van der Waals surface area (Å²) in [4.78, 5) is 19.7. The van der Waals surface area contributed by atoms with Gasteiger partial charge in [0.25, 0.3) is 0 Å². The van der Waals surface area contributed by atoms with Gasteiger partial charge < -0.3 is 5.11 Å². The Morgan fingerprint density at radius 3 is 3.07 bits per heavy atom. The summed E-state index contributed by atoms with van der Waals surface area (Å²) in [5.74, 6) is 0.766. The summed E-state index contributed by atoms with van der Waals surface area (Å²) in [5, 5.41) is 8.73. The van der Waals surface area contributed by atoms with Crippen LogP contribution in [0.4, 0.5) is 0 Å². The van der Waals surface area contributed by atoms with Gasteiger partial charge in [0, 0.05) is 19.0 Å². The second-order valence-electron chi connectivity index (χ2n) is 3.40. The molecule has 1 aliphatic rings. The molecule has 0 aromatic carbocycles. The molecule has 0 unspecified atom stereocenters. The Balaban J connectivity index is 2.34. The highest BCUT2D eigenvalue weighted by Crippen LogP contribution is 2.18. The summed E-state index contributed by atoms with van der Waals surface area (Å²) < 4.78 is 0. The summed E-state index contributed by atoms with van der Waals surface area (Å²) in [7, 11) is 0. The number of aromatic nitrogens is 2. The molecule has 1 aromatic rings. The minimum absolute atomic E-state index is 0.0483. The van der Waals surface area contributed by atoms with Crippen molar-refractivity contribution in [2.75, 3.05) is 6.61 Å². The summed E-state index contributed by atoms with van der Waals surface area (Å²) in [6, 6.07) is 0. The first kappa shape index (κ1) is 9.27. The first-order valence-electron chi connectivity index (χ1n) is 4.80. The minimum Gasteiger partial charge on any atom is -0.396 e. The van der Waals surface area contributed by atoms with Gasteiger partial charge in [0.15, 0.2) is 5.78 Å². The monoisotopic (exact) mass is 192 g/mol. The number of carbonyl (C=O) groups is 1. The summed E-state index contributed by atoms with van der Waals surface area (Å²) in [6.45, 7) is 0.0483. The van der Waals surface area contributed by atoms with Gasteiger partial charge in [-0.3, -0.25) is 4.79 Å². The van der Waals surface area contributed by atoms with E-state index in [1.54, 1.807) is 6.20 Å². The van der Waals surface area contributed by atoms with Crippen LogP contribution in [0.2, 0.25) is 0 Å². The minimum atomic E-state index is 0.0483. The Hall–Kier alpha value is -1.29. The average molecular weight is 192 g/mol. The second-order valence-corrected chi connectivity index (χ2v) is 3.40. The highest BCUT2D eigenvalue weighted by molar-refractivity contribution is 5.97. The van der Waals surface area contributed by atoms with Crippen LogP contribution in [0.5, 0.6) is 0 Å². The summed E-state index contributed by atoms with van der Waals surface area (Å²) in [6.07, 6.45) is 4.38. The third-order valence-electron chi connectivity index (χ3n) is 2.37. The Kier molecular flexibility index (Phi) is 2.54. The van der Waals surface area contributed by atoms with Crippen LogP contribution in [0.25, 0.3) is 0 Å². The molecule has 1 heterocycles. The first-order chi connectivity index (χ1) is 6.81. The molecule has 0 spiro atoms. The van der Waals surface area contributed by atoms with Crippen molar-refractivity contribution in [3.63, 3.8) is 0 Å². The number of hydrogen-bond acceptors (Lipinski definition) is 4. The third-order valence-corrected chi connectivity index (χ3v) is 2.37. The van der Waals surface area contributed by atoms with Gasteiger partial charge >= 0.3 is 0 Å². The van der Waals surface area contributed by atoms with Crippen LogP contribution in [0.15, 0.2) is 6.20 Å². The van der Waals surface area contributed by atoms with E-state index in [1.807, 2.05) is 0 Å². The molecule has 1 aliphatic carbocycles. The van der Waals surface area contributed by atoms with E-state index in [-0.39, 0.29) is 12.4 Å². The second kappa shape index (κ2) is 3.84. The van der Waals surface area contributed by atoms with E-state index in [1.165, 1.54) is 0 Å². The molecular weight excluding hydrogens is 180 g/mol. The Morgan fingerprint density at radius 2 is 2.29 bits per heavy atom. The number of Topliss-reactive ketones (excluding diaryl/α,β-unsaturated/α-hetero) is 1. The van der Waals surface area contributed by atoms with Crippen molar-refractivity contribution in [2.24, 2.45) is 0 Å². The highest BCUT2D eigenvalue weighted by Gasteiger charge is 2.18. The molecule has 0 fully saturated rings. The van der Waals surface area contributed by atoms with E-state index >= 15 is 0 Å². The number of aliphatic hydroxyl groups is 1. The molecule has 0 atom stereocenters. The van der Waals surface area contributed by atoms with Crippen molar-refractivity contribution in [1.29, 1.82) is 0 Å². The van der Waals surface area contributed by atoms with Crippen LogP contribution in [0.3, 0.4) is 0 Å². The fraction of sp³-hybridized carbons (Fsp3) is 0.500. The van der Waals surface area contributed by atoms with Crippen LogP contribution < -0.4 is 0 Å². The van der Waals surface area contributed by atoms with Crippen molar-refractivity contribution in [2.45, 2.75) is 25.7 Å². The molecule has 74 valence electrons. The van der Waals surface area contributed by atoms with Gasteiger partial charge in [-0.25, -0.2) is 9.97 Å². The lowest BCUT2D eigenvalue weighted by atomic mass is 9.96. The van der Waals surface area contributed by atoms with Gasteiger partial charge in [-0.05, 0) is 12.8 Å². The van der Waals surface area contributed by atoms with E-state index in [2.05, 4.69) is 9.97 Å². The molecule has 14 heavy (non-hydrogen) atoms. The molecule has 4 nitrogen and oxygen atoms in total. The van der Waals surface area contributed by atoms with E-state index in [4.69, 9.17) is 5.11 Å². The van der Waals surface area contributed by atoms with Gasteiger partial charge in [-0.1, -0.05) is 0 Å². The number of rotatable bonds is 2. The molecule has 0 aliphatic heterocycles. The zero-order valence-electron chi connectivity index (χ0n) is 7.86. The first-order valence-corrected chi connectivity index (χ1v) is 4.80. The Bertz CT molecular complexity index is 363. The highest BCUT2D eigenvalue weighted by atomic mass is 16.3. The van der Waals surface area contributed by atoms with Crippen molar-refractivity contribution < 1.29 is 9.90 Å². The molecule has 0 saturated carbocycles. The molecule has 4 heteroatoms. The standard InChI is InChI=1S/C10H12N2O2/c13-5-4-10-11-6-7-8(12-10)2-1-3-9(7)14/h6,13H,1-5H2. The van der Waals surface area contributed by atoms with Gasteiger partial charge in [0.05, 0.1) is 17.9 Å². The molecule has 0 radical (unpaired) electrons. The number of hydrogen-bond donors (Lipinski definition) is 1. The topological polar surface area (TPSA) is 63.1 Å². The van der Waals surface area contributed by atoms with Gasteiger partial charge in [0.2, 0.25) is 0 Å². The molecule has 1 N–H and O–H groups in total. The van der Waals surface area contributed by atoms with Gasteiger partial charge in [-0.15, -0.1) is 0 Å². The predicted molar refractivity (Wildman–Crippen MR) is 50.1 cm³/mol. The van der Waals surface area contributed by atoms with E-state index < -0.39 is 0 Å². The van der Waals surface area contributed by atoms with Crippen LogP contribution in [-0.2, 0) is 12.8 Å². The predicted octanol–water partition coefficient (Wildman–Crippen LogP) is 0.530. The van der Waals surface area contributed by atoms with Gasteiger partial charge in [-0.2, -0.15) is 0 Å². The number of aliphatic hydroxyl groups excluding tert-OH is 1. The SMILES string of the molecule is O=C1CCCc2nc(CCO)ncc21. The summed E-state index contributed by atoms with van der Waals surface area (Å²) >= 11 is 0. The average Bonchev–Trinajstić information content (AvgIpc) is 2.18. The Morgan fingerprint density at radius 1 is 1.43 bits per heavy atom. The van der Waals surface area contributed by atoms with Gasteiger partial charge in [0.1, 0.15) is 5.82 Å². The number of carbonyl (C=O) groups excluding carboxylic acids is 1. The number of nitrogens with zero attached hydrogens (tertiary/aromatic N) is 2. The maximum absolute atomic E-state index is 11.4. The lowest BCUT2D eigenvalue weighted by Gasteiger charge is -2.13. The molecule has 2 rings (SSSR count). The largest absolute Gasteiger partial charge is 0.396 e. The van der Waals surface area contributed by atoms with Crippen LogP contribution >= 0.6 is 0 Å². The summed E-state index contributed by atoms with van der Waals surface area (Å²) in [5.41, 5.74) is 1.51. The third kappa shape index (κ3) is 1.65. The van der Waals surface area contributed by atoms with E-state index in [0.717, 1.165) is 18.5 Å². The van der Waals surface area contributed by atoms with Crippen molar-refractivity contribution in [1.82, 2.24) is 9.97 Å². The quantitative estimate of drug-likeness (QED) is 0.742. The molecule has 0 amide bonds. The zero-order chi connectivity index (χ0) is 9.97. The van der Waals surface area contributed by atoms with Crippen molar-refractivity contribution in [3.8, 4) is 0 Å². The van der Waals surface area contributed by atoms with Crippen LogP contribution in [0, 0.1) is 0 Å². The maximum Gasteiger partial charge on any atom is 0.166 e. The van der Waals surface area contributed by atoms with Crippen LogP contribution in [0.1, 0.15) is 34.7 Å². The number of ketones is 1. The maximum atomic E-state index is 11.4. The van der Waals surface area contributed by atoms with Crippen molar-refractivity contribution in [3.05, 3.63) is 23.3 Å². The van der Waals surface area contributed by atoms with Crippen LogP contribution in [-0.4, -0.2) is 27.5 Å². The molecule has 0 bridgehead atoms. The fourth-order valence-corrected chi connectivity index (χ4v) is 1.65. The normalized spacial score (nSPS) is 15.4. The lowest BCUT2D eigenvalue weighted by Crippen LogP contribution is -2.15. The fourth-order valence-electron chi connectivity index (χ4n) is 1.65.